The van der Waals surface area contributed by atoms with Crippen molar-refractivity contribution in [2.45, 2.75) is 20.8 Å². The van der Waals surface area contributed by atoms with Crippen LogP contribution in [0, 0.1) is 5.41 Å². The van der Waals surface area contributed by atoms with Gasteiger partial charge in [-0.2, -0.15) is 0 Å². The first kappa shape index (κ1) is 15.5. The molecule has 1 saturated heterocycles. The Kier molecular flexibility index (Phi) is 3.83. The van der Waals surface area contributed by atoms with E-state index in [0.717, 1.165) is 0 Å². The van der Waals surface area contributed by atoms with Crippen molar-refractivity contribution in [1.29, 1.82) is 0 Å². The highest BCUT2D eigenvalue weighted by Crippen LogP contribution is 2.20. The van der Waals surface area contributed by atoms with E-state index in [0.29, 0.717) is 43.0 Å². The van der Waals surface area contributed by atoms with Gasteiger partial charge in [0.25, 0.3) is 5.56 Å². The Morgan fingerprint density at radius 1 is 1.13 bits per heavy atom. The average molecular weight is 314 g/mol. The number of benzene rings is 1. The van der Waals surface area contributed by atoms with E-state index < -0.39 is 0 Å². The summed E-state index contributed by atoms with van der Waals surface area (Å²) >= 11 is 0. The van der Waals surface area contributed by atoms with Gasteiger partial charge in [0.15, 0.2) is 0 Å². The maximum absolute atomic E-state index is 12.3. The Morgan fingerprint density at radius 3 is 2.43 bits per heavy atom. The molecule has 0 atom stereocenters. The molecule has 1 aliphatic rings. The minimum Gasteiger partial charge on any atom is -0.339 e. The molecule has 122 valence electrons. The molecule has 0 aliphatic carbocycles. The molecule has 6 heteroatoms. The Labute approximate surface area is 135 Å². The van der Waals surface area contributed by atoms with Gasteiger partial charge in [-0.25, -0.2) is 4.98 Å². The second kappa shape index (κ2) is 5.68. The molecule has 1 amide bonds. The summed E-state index contributed by atoms with van der Waals surface area (Å²) in [5, 5.41) is 0.595. The number of hydrogen-bond donors (Lipinski definition) is 1. The number of anilines is 1. The van der Waals surface area contributed by atoms with E-state index in [1.54, 1.807) is 6.07 Å². The molecular formula is C17H22N4O2. The largest absolute Gasteiger partial charge is 0.339 e. The molecule has 6 nitrogen and oxygen atoms in total. The summed E-state index contributed by atoms with van der Waals surface area (Å²) in [4.78, 5) is 35.8. The Morgan fingerprint density at radius 2 is 1.78 bits per heavy atom. The van der Waals surface area contributed by atoms with Crippen molar-refractivity contribution < 1.29 is 4.79 Å². The van der Waals surface area contributed by atoms with Crippen molar-refractivity contribution in [1.82, 2.24) is 14.9 Å². The molecule has 0 spiro atoms. The number of H-pyrrole nitrogens is 1. The smallest absolute Gasteiger partial charge is 0.260 e. The third-order valence-corrected chi connectivity index (χ3v) is 4.11. The number of aromatic amines is 1. The van der Waals surface area contributed by atoms with E-state index in [-0.39, 0.29) is 16.9 Å². The number of amides is 1. The lowest BCUT2D eigenvalue weighted by Crippen LogP contribution is -2.52. The van der Waals surface area contributed by atoms with Gasteiger partial charge in [-0.15, -0.1) is 0 Å². The third kappa shape index (κ3) is 3.06. The summed E-state index contributed by atoms with van der Waals surface area (Å²) in [6.07, 6.45) is 0. The van der Waals surface area contributed by atoms with Crippen molar-refractivity contribution >= 4 is 22.8 Å². The highest BCUT2D eigenvalue weighted by molar-refractivity contribution is 5.82. The quantitative estimate of drug-likeness (QED) is 0.868. The highest BCUT2D eigenvalue weighted by Gasteiger charge is 2.30. The van der Waals surface area contributed by atoms with E-state index >= 15 is 0 Å². The first-order valence-electron chi connectivity index (χ1n) is 7.89. The fourth-order valence-electron chi connectivity index (χ4n) is 2.82. The summed E-state index contributed by atoms with van der Waals surface area (Å²) in [6, 6.07) is 7.31. The van der Waals surface area contributed by atoms with Crippen molar-refractivity contribution in [2.75, 3.05) is 31.1 Å². The second-order valence-corrected chi connectivity index (χ2v) is 6.94. The molecule has 1 aromatic heterocycles. The van der Waals surface area contributed by atoms with Gasteiger partial charge in [-0.3, -0.25) is 14.6 Å². The average Bonchev–Trinajstić information content (AvgIpc) is 2.53. The molecule has 2 aromatic rings. The standard InChI is InChI=1S/C17H22N4O2/c1-17(2,3)15(23)20-8-10-21(11-9-20)16-18-13-7-5-4-6-12(13)14(22)19-16/h4-7H,8-11H2,1-3H3,(H,18,19,22). The van der Waals surface area contributed by atoms with Crippen LogP contribution in [0.2, 0.25) is 0 Å². The number of para-hydroxylation sites is 1. The monoisotopic (exact) mass is 314 g/mol. The molecule has 0 bridgehead atoms. The van der Waals surface area contributed by atoms with E-state index in [2.05, 4.69) is 9.97 Å². The van der Waals surface area contributed by atoms with Gasteiger partial charge in [0.1, 0.15) is 0 Å². The molecular weight excluding hydrogens is 292 g/mol. The molecule has 0 radical (unpaired) electrons. The van der Waals surface area contributed by atoms with Gasteiger partial charge in [0.2, 0.25) is 11.9 Å². The lowest BCUT2D eigenvalue weighted by molar-refractivity contribution is -0.139. The summed E-state index contributed by atoms with van der Waals surface area (Å²) in [6.45, 7) is 8.43. The number of piperazine rings is 1. The fourth-order valence-corrected chi connectivity index (χ4v) is 2.82. The van der Waals surface area contributed by atoms with Crippen LogP contribution in [0.25, 0.3) is 10.9 Å². The Bertz CT molecular complexity index is 783. The third-order valence-electron chi connectivity index (χ3n) is 4.11. The minimum absolute atomic E-state index is 0.126. The van der Waals surface area contributed by atoms with E-state index in [4.69, 9.17) is 0 Å². The minimum atomic E-state index is -0.363. The zero-order chi connectivity index (χ0) is 16.6. The summed E-state index contributed by atoms with van der Waals surface area (Å²) < 4.78 is 0. The van der Waals surface area contributed by atoms with Crippen LogP contribution in [0.1, 0.15) is 20.8 Å². The number of carbonyl (C=O) groups excluding carboxylic acids is 1. The lowest BCUT2D eigenvalue weighted by atomic mass is 9.94. The molecule has 1 aromatic carbocycles. The van der Waals surface area contributed by atoms with Crippen LogP contribution in [0.3, 0.4) is 0 Å². The predicted molar refractivity (Wildman–Crippen MR) is 90.6 cm³/mol. The Balaban J connectivity index is 1.78. The van der Waals surface area contributed by atoms with Crippen LogP contribution in [0.5, 0.6) is 0 Å². The molecule has 3 rings (SSSR count). The van der Waals surface area contributed by atoms with Gasteiger partial charge in [-0.05, 0) is 12.1 Å². The van der Waals surface area contributed by atoms with Crippen molar-refractivity contribution in [3.63, 3.8) is 0 Å². The van der Waals surface area contributed by atoms with Crippen molar-refractivity contribution in [2.24, 2.45) is 5.41 Å². The van der Waals surface area contributed by atoms with Crippen LogP contribution in [0.15, 0.2) is 29.1 Å². The molecule has 23 heavy (non-hydrogen) atoms. The van der Waals surface area contributed by atoms with E-state index in [9.17, 15) is 9.59 Å². The number of aromatic nitrogens is 2. The van der Waals surface area contributed by atoms with Crippen LogP contribution in [0.4, 0.5) is 5.95 Å². The summed E-state index contributed by atoms with van der Waals surface area (Å²) in [5.41, 5.74) is 0.204. The van der Waals surface area contributed by atoms with Crippen molar-refractivity contribution in [3.8, 4) is 0 Å². The molecule has 1 fully saturated rings. The zero-order valence-electron chi connectivity index (χ0n) is 13.8. The number of fused-ring (bicyclic) bond motifs is 1. The first-order chi connectivity index (χ1) is 10.9. The van der Waals surface area contributed by atoms with E-state index in [1.165, 1.54) is 0 Å². The van der Waals surface area contributed by atoms with Crippen LogP contribution < -0.4 is 10.5 Å². The van der Waals surface area contributed by atoms with Gasteiger partial charge in [0.05, 0.1) is 10.9 Å². The number of carbonyl (C=O) groups is 1. The summed E-state index contributed by atoms with van der Waals surface area (Å²) in [5.74, 6) is 0.744. The molecule has 1 aliphatic heterocycles. The molecule has 2 heterocycles. The fraction of sp³-hybridized carbons (Fsp3) is 0.471. The highest BCUT2D eigenvalue weighted by atomic mass is 16.2. The predicted octanol–water partition coefficient (Wildman–Crippen LogP) is 1.62. The van der Waals surface area contributed by atoms with E-state index in [1.807, 2.05) is 48.8 Å². The summed E-state index contributed by atoms with van der Waals surface area (Å²) in [7, 11) is 0. The maximum Gasteiger partial charge on any atom is 0.260 e. The van der Waals surface area contributed by atoms with Gasteiger partial charge in [-0.1, -0.05) is 32.9 Å². The number of rotatable bonds is 1. The van der Waals surface area contributed by atoms with Crippen molar-refractivity contribution in [3.05, 3.63) is 34.6 Å². The van der Waals surface area contributed by atoms with Gasteiger partial charge in [0, 0.05) is 31.6 Å². The maximum atomic E-state index is 12.3. The number of nitrogens with zero attached hydrogens (tertiary/aromatic N) is 3. The molecule has 1 N–H and O–H groups in total. The second-order valence-electron chi connectivity index (χ2n) is 6.94. The number of hydrogen-bond acceptors (Lipinski definition) is 4. The zero-order valence-corrected chi connectivity index (χ0v) is 13.8. The van der Waals surface area contributed by atoms with Crippen LogP contribution >= 0.6 is 0 Å². The normalized spacial score (nSPS) is 16.0. The van der Waals surface area contributed by atoms with Crippen LogP contribution in [-0.2, 0) is 4.79 Å². The molecule has 0 unspecified atom stereocenters. The lowest BCUT2D eigenvalue weighted by Gasteiger charge is -2.37. The van der Waals surface area contributed by atoms with Gasteiger partial charge < -0.3 is 9.80 Å². The Hall–Kier alpha value is -2.37. The molecule has 0 saturated carbocycles. The van der Waals surface area contributed by atoms with Crippen LogP contribution in [-0.4, -0.2) is 47.0 Å². The number of nitrogens with one attached hydrogen (secondary N) is 1. The first-order valence-corrected chi connectivity index (χ1v) is 7.89. The van der Waals surface area contributed by atoms with Gasteiger partial charge >= 0.3 is 0 Å². The SMILES string of the molecule is CC(C)(C)C(=O)N1CCN(c2nc3ccccc3c(=O)[nH]2)CC1. The topological polar surface area (TPSA) is 69.3 Å².